The second-order valence-electron chi connectivity index (χ2n) is 7.25. The molecule has 4 aromatic rings. The van der Waals surface area contributed by atoms with Gasteiger partial charge in [-0.1, -0.05) is 54.1 Å². The van der Waals surface area contributed by atoms with Crippen molar-refractivity contribution in [3.8, 4) is 11.1 Å². The monoisotopic (exact) mass is 403 g/mol. The third-order valence-corrected chi connectivity index (χ3v) is 6.87. The van der Waals surface area contributed by atoms with Crippen molar-refractivity contribution >= 4 is 21.6 Å². The lowest BCUT2D eigenvalue weighted by atomic mass is 10.0. The molecule has 0 aliphatic carbocycles. The Hall–Kier alpha value is -3.18. The summed E-state index contributed by atoms with van der Waals surface area (Å²) in [7, 11) is -3.61. The first-order valence-electron chi connectivity index (χ1n) is 9.34. The summed E-state index contributed by atoms with van der Waals surface area (Å²) >= 11 is 0. The van der Waals surface area contributed by atoms with Gasteiger partial charge in [0.05, 0.1) is 16.3 Å². The highest BCUT2D eigenvalue weighted by Gasteiger charge is 2.23. The van der Waals surface area contributed by atoms with Crippen molar-refractivity contribution in [1.29, 1.82) is 0 Å². The number of carbonyl (C=O) groups excluding carboxylic acids is 1. The first-order valence-corrected chi connectivity index (χ1v) is 11.0. The minimum absolute atomic E-state index is 0.0906. The van der Waals surface area contributed by atoms with Gasteiger partial charge in [-0.05, 0) is 43.2 Å². The number of hydrogen-bond donors (Lipinski definition) is 0. The molecule has 0 amide bonds. The minimum atomic E-state index is -3.61. The number of sulfone groups is 1. The van der Waals surface area contributed by atoms with Crippen LogP contribution in [0.5, 0.6) is 0 Å². The molecule has 2 heterocycles. The van der Waals surface area contributed by atoms with Gasteiger partial charge in [-0.25, -0.2) is 8.42 Å². The van der Waals surface area contributed by atoms with E-state index in [4.69, 9.17) is 0 Å². The molecule has 29 heavy (non-hydrogen) atoms. The first-order chi connectivity index (χ1) is 13.9. The summed E-state index contributed by atoms with van der Waals surface area (Å²) in [6, 6.07) is 20.2. The number of rotatable bonds is 5. The van der Waals surface area contributed by atoms with Crippen LogP contribution in [0.25, 0.3) is 16.6 Å². The van der Waals surface area contributed by atoms with E-state index in [-0.39, 0.29) is 10.6 Å². The summed E-state index contributed by atoms with van der Waals surface area (Å²) in [4.78, 5) is 12.2. The Morgan fingerprint density at radius 3 is 2.38 bits per heavy atom. The molecule has 5 heteroatoms. The molecule has 2 aromatic carbocycles. The fourth-order valence-electron chi connectivity index (χ4n) is 3.70. The zero-order chi connectivity index (χ0) is 20.6. The van der Waals surface area contributed by atoms with E-state index >= 15 is 0 Å². The number of benzene rings is 2. The van der Waals surface area contributed by atoms with Gasteiger partial charge in [0.15, 0.2) is 16.1 Å². The largest absolute Gasteiger partial charge is 0.313 e. The summed E-state index contributed by atoms with van der Waals surface area (Å²) in [5.41, 5.74) is 5.21. The van der Waals surface area contributed by atoms with Crippen LogP contribution in [0.3, 0.4) is 0 Å². The van der Waals surface area contributed by atoms with E-state index in [0.29, 0.717) is 16.8 Å². The van der Waals surface area contributed by atoms with Crippen LogP contribution in [0.1, 0.15) is 27.2 Å². The lowest BCUT2D eigenvalue weighted by Crippen LogP contribution is -2.07. The molecule has 4 rings (SSSR count). The van der Waals surface area contributed by atoms with Gasteiger partial charge < -0.3 is 4.40 Å². The van der Waals surface area contributed by atoms with Gasteiger partial charge >= 0.3 is 0 Å². The van der Waals surface area contributed by atoms with Crippen molar-refractivity contribution in [2.75, 3.05) is 0 Å². The van der Waals surface area contributed by atoms with E-state index in [0.717, 1.165) is 28.5 Å². The van der Waals surface area contributed by atoms with Crippen LogP contribution in [0.2, 0.25) is 0 Å². The predicted octanol–water partition coefficient (Wildman–Crippen LogP) is 5.01. The summed E-state index contributed by atoms with van der Waals surface area (Å²) in [5, 5.41) is 0. The molecule has 0 atom stereocenters. The average Bonchev–Trinajstić information content (AvgIpc) is 3.08. The molecule has 0 spiro atoms. The minimum Gasteiger partial charge on any atom is -0.313 e. The van der Waals surface area contributed by atoms with Crippen molar-refractivity contribution < 1.29 is 13.2 Å². The second kappa shape index (κ2) is 7.33. The summed E-state index contributed by atoms with van der Waals surface area (Å²) in [6.45, 7) is 3.88. The van der Waals surface area contributed by atoms with Gasteiger partial charge in [-0.2, -0.15) is 0 Å². The number of aldehydes is 1. The van der Waals surface area contributed by atoms with Crippen molar-refractivity contribution in [2.24, 2.45) is 0 Å². The molecule has 0 N–H and O–H groups in total. The molecular weight excluding hydrogens is 382 g/mol. The Morgan fingerprint density at radius 1 is 0.897 bits per heavy atom. The fourth-order valence-corrected chi connectivity index (χ4v) is 5.26. The van der Waals surface area contributed by atoms with Crippen LogP contribution in [0.15, 0.2) is 77.8 Å². The van der Waals surface area contributed by atoms with Crippen molar-refractivity contribution in [2.45, 2.75) is 24.5 Å². The summed E-state index contributed by atoms with van der Waals surface area (Å²) in [6.07, 6.45) is 2.61. The smallest absolute Gasteiger partial charge is 0.183 e. The van der Waals surface area contributed by atoms with Crippen molar-refractivity contribution in [1.82, 2.24) is 4.40 Å². The van der Waals surface area contributed by atoms with E-state index in [2.05, 4.69) is 0 Å². The van der Waals surface area contributed by atoms with Crippen LogP contribution in [0.4, 0.5) is 0 Å². The number of carbonyl (C=O) groups is 1. The predicted molar refractivity (Wildman–Crippen MR) is 115 cm³/mol. The molecule has 0 aliphatic rings. The summed E-state index contributed by atoms with van der Waals surface area (Å²) in [5.74, 6) is -0.0906. The normalized spacial score (nSPS) is 11.7. The highest BCUT2D eigenvalue weighted by Crippen LogP contribution is 2.35. The van der Waals surface area contributed by atoms with Crippen LogP contribution in [0, 0.1) is 13.8 Å². The number of nitrogens with zero attached hydrogens (tertiary/aromatic N) is 1. The molecule has 0 saturated carbocycles. The zero-order valence-corrected chi connectivity index (χ0v) is 17.1. The molecule has 0 saturated heterocycles. The van der Waals surface area contributed by atoms with Gasteiger partial charge in [0.1, 0.15) is 0 Å². The highest BCUT2D eigenvalue weighted by atomic mass is 32.2. The Bertz CT molecular complexity index is 1320. The van der Waals surface area contributed by atoms with E-state index in [1.165, 1.54) is 0 Å². The van der Waals surface area contributed by atoms with Crippen LogP contribution in [-0.4, -0.2) is 19.1 Å². The van der Waals surface area contributed by atoms with E-state index in [1.54, 1.807) is 24.3 Å². The van der Waals surface area contributed by atoms with Gasteiger partial charge in [0.25, 0.3) is 0 Å². The average molecular weight is 404 g/mol. The molecule has 0 aliphatic heterocycles. The third kappa shape index (κ3) is 3.49. The number of fused-ring (bicyclic) bond motifs is 1. The van der Waals surface area contributed by atoms with Crippen LogP contribution in [-0.2, 0) is 15.6 Å². The molecule has 2 aromatic heterocycles. The topological polar surface area (TPSA) is 55.6 Å². The van der Waals surface area contributed by atoms with Crippen LogP contribution >= 0.6 is 0 Å². The number of hydrogen-bond acceptors (Lipinski definition) is 3. The number of aromatic nitrogens is 1. The zero-order valence-electron chi connectivity index (χ0n) is 16.3. The first kappa shape index (κ1) is 19.2. The number of pyridine rings is 1. The maximum absolute atomic E-state index is 13.3. The van der Waals surface area contributed by atoms with Crippen molar-refractivity contribution in [3.05, 3.63) is 95.3 Å². The second-order valence-corrected chi connectivity index (χ2v) is 9.21. The molecule has 146 valence electrons. The Morgan fingerprint density at radius 2 is 1.66 bits per heavy atom. The summed E-state index contributed by atoms with van der Waals surface area (Å²) < 4.78 is 28.4. The Balaban J connectivity index is 1.95. The fraction of sp³-hybridized carbons (Fsp3) is 0.125. The molecular formula is C24H21NO3S. The van der Waals surface area contributed by atoms with Crippen molar-refractivity contribution in [3.63, 3.8) is 0 Å². The van der Waals surface area contributed by atoms with Gasteiger partial charge in [-0.15, -0.1) is 0 Å². The van der Waals surface area contributed by atoms with E-state index < -0.39 is 9.84 Å². The quantitative estimate of drug-likeness (QED) is 0.440. The highest BCUT2D eigenvalue weighted by molar-refractivity contribution is 7.90. The SMILES string of the molecule is Cc1ccc(S(=O)(=O)Cc2ccccc2)c(-c2cc3c(C)cccn3c2C=O)c1. The molecule has 4 nitrogen and oxygen atoms in total. The molecule has 0 radical (unpaired) electrons. The maximum Gasteiger partial charge on any atom is 0.183 e. The van der Waals surface area contributed by atoms with Gasteiger partial charge in [0, 0.05) is 22.8 Å². The number of aryl methyl sites for hydroxylation is 2. The van der Waals surface area contributed by atoms with Gasteiger partial charge in [0.2, 0.25) is 0 Å². The molecule has 0 unspecified atom stereocenters. The van der Waals surface area contributed by atoms with E-state index in [1.807, 2.05) is 66.9 Å². The van der Waals surface area contributed by atoms with E-state index in [9.17, 15) is 13.2 Å². The molecule has 0 fully saturated rings. The third-order valence-electron chi connectivity index (χ3n) is 5.13. The lowest BCUT2D eigenvalue weighted by molar-refractivity contribution is 0.111. The lowest BCUT2D eigenvalue weighted by Gasteiger charge is -2.12. The van der Waals surface area contributed by atoms with Crippen LogP contribution < -0.4 is 0 Å². The molecule has 0 bridgehead atoms. The Kier molecular flexibility index (Phi) is 4.84. The van der Waals surface area contributed by atoms with Gasteiger partial charge in [-0.3, -0.25) is 4.79 Å². The Labute approximate surface area is 170 Å². The standard InChI is InChI=1S/C24H21NO3S/c1-17-10-11-24(29(27,28)16-19-8-4-3-5-9-19)21(13-17)20-14-22-18(2)7-6-12-25(22)23(20)15-26/h3-15H,16H2,1-2H3. The maximum atomic E-state index is 13.3.